The molecule has 210 valence electrons. The maximum atomic E-state index is 11.3. The third kappa shape index (κ3) is 6.15. The maximum absolute atomic E-state index is 11.3. The van der Waals surface area contributed by atoms with Crippen molar-refractivity contribution in [3.8, 4) is 0 Å². The number of ether oxygens (including phenoxy) is 6. The highest BCUT2D eigenvalue weighted by molar-refractivity contribution is 5.73. The summed E-state index contributed by atoms with van der Waals surface area (Å²) in [5.41, 5.74) is 0. The maximum Gasteiger partial charge on any atom is 0.335 e. The molecule has 0 bridgehead atoms. The zero-order valence-electron chi connectivity index (χ0n) is 20.0. The summed E-state index contributed by atoms with van der Waals surface area (Å²) < 4.78 is 33.0. The molecular formula is C21H36O15. The molecule has 3 rings (SSSR count). The van der Waals surface area contributed by atoms with E-state index in [1.54, 1.807) is 13.8 Å². The number of rotatable bonds is 7. The van der Waals surface area contributed by atoms with Gasteiger partial charge < -0.3 is 69.3 Å². The molecule has 3 aliphatic rings. The molecule has 0 amide bonds. The monoisotopic (exact) mass is 528 g/mol. The van der Waals surface area contributed by atoms with Gasteiger partial charge in [0.05, 0.1) is 24.9 Å². The summed E-state index contributed by atoms with van der Waals surface area (Å²) >= 11 is 0. The number of hydrogen-bond donors (Lipinski definition) is 8. The van der Waals surface area contributed by atoms with Crippen LogP contribution in [0.4, 0.5) is 0 Å². The largest absolute Gasteiger partial charge is 0.479 e. The lowest BCUT2D eigenvalue weighted by Gasteiger charge is -2.44. The highest BCUT2D eigenvalue weighted by Crippen LogP contribution is 2.30. The number of aliphatic carboxylic acids is 1. The Kier molecular flexibility index (Phi) is 10.0. The molecule has 0 saturated carbocycles. The average Bonchev–Trinajstić information content (AvgIpc) is 2.91. The van der Waals surface area contributed by atoms with Crippen LogP contribution >= 0.6 is 0 Å². The molecule has 15 nitrogen and oxygen atoms in total. The van der Waals surface area contributed by atoms with Crippen molar-refractivity contribution in [3.05, 3.63) is 0 Å². The fourth-order valence-electron chi connectivity index (χ4n) is 4.64. The van der Waals surface area contributed by atoms with Gasteiger partial charge in [-0.05, 0) is 13.8 Å². The Morgan fingerprint density at radius 1 is 0.806 bits per heavy atom. The highest BCUT2D eigenvalue weighted by Gasteiger charge is 2.50. The van der Waals surface area contributed by atoms with Crippen LogP contribution in [0.1, 0.15) is 20.3 Å². The first-order chi connectivity index (χ1) is 16.9. The van der Waals surface area contributed by atoms with Crippen molar-refractivity contribution in [2.24, 2.45) is 0 Å². The van der Waals surface area contributed by atoms with Crippen LogP contribution < -0.4 is 0 Å². The van der Waals surface area contributed by atoms with E-state index in [1.165, 1.54) is 7.11 Å². The molecule has 9 unspecified atom stereocenters. The number of carboxylic acid groups (broad SMARTS) is 1. The fourth-order valence-corrected chi connectivity index (χ4v) is 4.64. The van der Waals surface area contributed by atoms with Crippen LogP contribution in [0.15, 0.2) is 0 Å². The van der Waals surface area contributed by atoms with Gasteiger partial charge >= 0.3 is 5.97 Å². The minimum absolute atomic E-state index is 0.260. The minimum atomic E-state index is -1.92. The molecule has 3 aliphatic heterocycles. The van der Waals surface area contributed by atoms with E-state index in [0.717, 1.165) is 0 Å². The summed E-state index contributed by atoms with van der Waals surface area (Å²) in [7, 11) is 1.37. The van der Waals surface area contributed by atoms with E-state index in [-0.39, 0.29) is 12.5 Å². The van der Waals surface area contributed by atoms with E-state index >= 15 is 0 Å². The second kappa shape index (κ2) is 12.2. The topological polar surface area (TPSA) is 234 Å². The SMILES string of the molecule is COC1C(O[C@H]2OC(CO[C@H]3OC(C(=O)O)[C@@H](O)[C@H](O)C3O)[C@@H](O)C(O)C2O)C(C)OC(C)C[C@@H]1O. The zero-order valence-corrected chi connectivity index (χ0v) is 20.0. The molecule has 15 atom stereocenters. The Hall–Kier alpha value is -1.05. The van der Waals surface area contributed by atoms with E-state index in [1.807, 2.05) is 0 Å². The second-order valence-corrected chi connectivity index (χ2v) is 9.34. The van der Waals surface area contributed by atoms with Crippen LogP contribution in [0.3, 0.4) is 0 Å². The highest BCUT2D eigenvalue weighted by atomic mass is 16.7. The van der Waals surface area contributed by atoms with E-state index < -0.39 is 98.4 Å². The van der Waals surface area contributed by atoms with Gasteiger partial charge in [-0.25, -0.2) is 4.79 Å². The van der Waals surface area contributed by atoms with E-state index in [4.69, 9.17) is 33.5 Å². The van der Waals surface area contributed by atoms with Gasteiger partial charge in [0.1, 0.15) is 54.9 Å². The molecule has 0 aromatic rings. The quantitative estimate of drug-likeness (QED) is 0.156. The average molecular weight is 529 g/mol. The van der Waals surface area contributed by atoms with E-state index in [0.29, 0.717) is 0 Å². The number of carboxylic acids is 1. The molecular weight excluding hydrogens is 492 g/mol. The molecule has 0 aliphatic carbocycles. The molecule has 0 aromatic carbocycles. The summed E-state index contributed by atoms with van der Waals surface area (Å²) in [6.45, 7) is 2.83. The van der Waals surface area contributed by atoms with Crippen molar-refractivity contribution >= 4 is 5.97 Å². The van der Waals surface area contributed by atoms with Gasteiger partial charge in [0.25, 0.3) is 0 Å². The van der Waals surface area contributed by atoms with Crippen molar-refractivity contribution in [1.29, 1.82) is 0 Å². The molecule has 3 fully saturated rings. The second-order valence-electron chi connectivity index (χ2n) is 9.34. The van der Waals surface area contributed by atoms with Crippen molar-refractivity contribution in [3.63, 3.8) is 0 Å². The Labute approximate surface area is 206 Å². The summed E-state index contributed by atoms with van der Waals surface area (Å²) in [4.78, 5) is 11.3. The van der Waals surface area contributed by atoms with Gasteiger partial charge in [-0.15, -0.1) is 0 Å². The molecule has 15 heteroatoms. The smallest absolute Gasteiger partial charge is 0.335 e. The van der Waals surface area contributed by atoms with Gasteiger partial charge in [0.2, 0.25) is 0 Å². The Bertz CT molecular complexity index is 725. The third-order valence-electron chi connectivity index (χ3n) is 6.66. The number of aliphatic hydroxyl groups is 7. The zero-order chi connectivity index (χ0) is 26.9. The first-order valence-electron chi connectivity index (χ1n) is 11.6. The number of carbonyl (C=O) groups is 1. The van der Waals surface area contributed by atoms with Crippen molar-refractivity contribution < 1.29 is 74.1 Å². The lowest BCUT2D eigenvalue weighted by molar-refractivity contribution is -0.341. The van der Waals surface area contributed by atoms with Crippen LogP contribution in [0.2, 0.25) is 0 Å². The number of hydrogen-bond acceptors (Lipinski definition) is 14. The minimum Gasteiger partial charge on any atom is -0.479 e. The van der Waals surface area contributed by atoms with Gasteiger partial charge in [-0.2, -0.15) is 0 Å². The van der Waals surface area contributed by atoms with E-state index in [9.17, 15) is 40.5 Å². The van der Waals surface area contributed by atoms with Crippen molar-refractivity contribution in [2.45, 2.75) is 112 Å². The molecule has 3 heterocycles. The Morgan fingerprint density at radius 2 is 1.42 bits per heavy atom. The number of aliphatic hydroxyl groups excluding tert-OH is 7. The Balaban J connectivity index is 1.70. The molecule has 8 N–H and O–H groups in total. The standard InChI is InChI=1S/C21H36O15/c1-6-4-8(22)17(31-3)16(7(2)33-6)35-21-15(28)11(24)10(23)9(34-21)5-32-20-14(27)12(25)13(26)18(36-20)19(29)30/h6-18,20-28H,4-5H2,1-3H3,(H,29,30)/t6?,7?,8-,9?,10+,11?,12-,13-,14?,15?,16?,17?,18?,20-,21+/m0/s1. The predicted octanol–water partition coefficient (Wildman–Crippen LogP) is -4.34. The first-order valence-corrected chi connectivity index (χ1v) is 11.6. The van der Waals surface area contributed by atoms with Crippen LogP contribution in [0.5, 0.6) is 0 Å². The summed E-state index contributed by atoms with van der Waals surface area (Å²) in [5.74, 6) is -1.60. The Morgan fingerprint density at radius 3 is 2.03 bits per heavy atom. The van der Waals surface area contributed by atoms with Crippen molar-refractivity contribution in [2.75, 3.05) is 13.7 Å². The number of methoxy groups -OCH3 is 1. The normalized spacial score (nSPS) is 50.4. The van der Waals surface area contributed by atoms with Gasteiger partial charge in [0.15, 0.2) is 18.7 Å². The lowest BCUT2D eigenvalue weighted by atomic mass is 9.97. The van der Waals surface area contributed by atoms with Crippen molar-refractivity contribution in [1.82, 2.24) is 0 Å². The summed E-state index contributed by atoms with van der Waals surface area (Å²) in [5, 5.41) is 80.7. The molecule has 0 spiro atoms. The predicted molar refractivity (Wildman–Crippen MR) is 113 cm³/mol. The van der Waals surface area contributed by atoms with Crippen LogP contribution in [-0.2, 0) is 33.2 Å². The third-order valence-corrected chi connectivity index (χ3v) is 6.66. The first kappa shape index (κ1) is 29.5. The van der Waals surface area contributed by atoms with Gasteiger partial charge in [-0.1, -0.05) is 0 Å². The fraction of sp³-hybridized carbons (Fsp3) is 0.952. The molecule has 0 aromatic heterocycles. The van der Waals surface area contributed by atoms with E-state index in [2.05, 4.69) is 0 Å². The van der Waals surface area contributed by atoms with Gasteiger partial charge in [-0.3, -0.25) is 0 Å². The molecule has 36 heavy (non-hydrogen) atoms. The van der Waals surface area contributed by atoms with Crippen LogP contribution in [0.25, 0.3) is 0 Å². The van der Waals surface area contributed by atoms with Crippen LogP contribution in [-0.4, -0.2) is 152 Å². The van der Waals surface area contributed by atoms with Crippen LogP contribution in [0, 0.1) is 0 Å². The summed E-state index contributed by atoms with van der Waals surface area (Å²) in [6.07, 6.45) is -20.8. The van der Waals surface area contributed by atoms with Gasteiger partial charge in [0, 0.05) is 13.5 Å². The molecule has 3 saturated heterocycles. The lowest BCUT2D eigenvalue weighted by Crippen LogP contribution is -2.63. The molecule has 0 radical (unpaired) electrons. The summed E-state index contributed by atoms with van der Waals surface area (Å²) in [6, 6.07) is 0.